The van der Waals surface area contributed by atoms with Crippen molar-refractivity contribution >= 4 is 11.8 Å². The monoisotopic (exact) mass is 257 g/mol. The van der Waals surface area contributed by atoms with E-state index in [4.69, 9.17) is 5.73 Å². The van der Waals surface area contributed by atoms with Gasteiger partial charge < -0.3 is 16.4 Å². The summed E-state index contributed by atoms with van der Waals surface area (Å²) in [5.41, 5.74) is 5.15. The highest BCUT2D eigenvalue weighted by Gasteiger charge is 2.21. The second-order valence-corrected chi connectivity index (χ2v) is 5.51. The Hall–Kier alpha value is -1.10. The minimum Gasteiger partial charge on any atom is -0.370 e. The second kappa shape index (κ2) is 8.08. The minimum atomic E-state index is -0.540. The summed E-state index contributed by atoms with van der Waals surface area (Å²) in [7, 11) is 0. The third-order valence-electron chi connectivity index (χ3n) is 2.99. The van der Waals surface area contributed by atoms with Crippen LogP contribution in [-0.2, 0) is 9.59 Å². The van der Waals surface area contributed by atoms with E-state index < -0.39 is 11.9 Å². The molecule has 2 amide bonds. The van der Waals surface area contributed by atoms with Crippen LogP contribution in [0.5, 0.6) is 0 Å². The highest BCUT2D eigenvalue weighted by Crippen LogP contribution is 2.07. The summed E-state index contributed by atoms with van der Waals surface area (Å²) in [6.07, 6.45) is 0.0279. The summed E-state index contributed by atoms with van der Waals surface area (Å²) < 4.78 is 0. The quantitative estimate of drug-likeness (QED) is 0.596. The molecule has 0 heterocycles. The van der Waals surface area contributed by atoms with Gasteiger partial charge in [-0.15, -0.1) is 0 Å². The van der Waals surface area contributed by atoms with Gasteiger partial charge in [-0.2, -0.15) is 0 Å². The Kier molecular flexibility index (Phi) is 7.59. The van der Waals surface area contributed by atoms with Gasteiger partial charge in [-0.1, -0.05) is 34.6 Å². The summed E-state index contributed by atoms with van der Waals surface area (Å²) in [6, 6.07) is -0.413. The number of hydrogen-bond donors (Lipinski definition) is 3. The molecule has 0 bridgehead atoms. The molecule has 0 aliphatic heterocycles. The predicted molar refractivity (Wildman–Crippen MR) is 72.9 cm³/mol. The van der Waals surface area contributed by atoms with Crippen LogP contribution in [-0.4, -0.2) is 30.4 Å². The molecule has 0 aromatic rings. The Morgan fingerprint density at radius 1 is 1.11 bits per heavy atom. The summed E-state index contributed by atoms with van der Waals surface area (Å²) in [6.45, 7) is 10.8. The number of nitrogens with two attached hydrogens (primary N) is 1. The van der Waals surface area contributed by atoms with Crippen molar-refractivity contribution in [1.82, 2.24) is 10.6 Å². The lowest BCUT2D eigenvalue weighted by Gasteiger charge is -2.22. The number of carbonyl (C=O) groups excluding carboxylic acids is 2. The zero-order valence-electron chi connectivity index (χ0n) is 12.1. The van der Waals surface area contributed by atoms with Crippen LogP contribution in [0.2, 0.25) is 0 Å². The van der Waals surface area contributed by atoms with Crippen molar-refractivity contribution in [3.8, 4) is 0 Å². The topological polar surface area (TPSA) is 84.2 Å². The van der Waals surface area contributed by atoms with Crippen molar-refractivity contribution in [3.63, 3.8) is 0 Å². The van der Waals surface area contributed by atoms with Crippen molar-refractivity contribution in [2.24, 2.45) is 17.6 Å². The third-order valence-corrected chi connectivity index (χ3v) is 2.99. The number of amides is 2. The highest BCUT2D eigenvalue weighted by molar-refractivity contribution is 5.87. The molecule has 5 nitrogen and oxygen atoms in total. The molecule has 2 unspecified atom stereocenters. The zero-order chi connectivity index (χ0) is 14.3. The lowest BCUT2D eigenvalue weighted by atomic mass is 9.98. The molecule has 0 saturated carbocycles. The fourth-order valence-electron chi connectivity index (χ4n) is 1.45. The molecule has 0 saturated heterocycles. The van der Waals surface area contributed by atoms with Crippen molar-refractivity contribution in [3.05, 3.63) is 0 Å². The van der Waals surface area contributed by atoms with Crippen LogP contribution in [0.4, 0.5) is 0 Å². The standard InChI is InChI=1S/C13H27N3O2/c1-8(2)10(5)7-15-13(18)11(6-12(14)17)16-9(3)4/h8-11,16H,6-7H2,1-5H3,(H2,14,17)(H,15,18). The van der Waals surface area contributed by atoms with E-state index in [0.29, 0.717) is 18.4 Å². The fourth-order valence-corrected chi connectivity index (χ4v) is 1.45. The van der Waals surface area contributed by atoms with Crippen molar-refractivity contribution < 1.29 is 9.59 Å². The first kappa shape index (κ1) is 16.9. The van der Waals surface area contributed by atoms with Crippen molar-refractivity contribution in [1.29, 1.82) is 0 Å². The van der Waals surface area contributed by atoms with Gasteiger partial charge in [-0.05, 0) is 11.8 Å². The van der Waals surface area contributed by atoms with Gasteiger partial charge in [0.2, 0.25) is 11.8 Å². The van der Waals surface area contributed by atoms with Gasteiger partial charge in [0.15, 0.2) is 0 Å². The maximum absolute atomic E-state index is 12.0. The molecule has 106 valence electrons. The highest BCUT2D eigenvalue weighted by atomic mass is 16.2. The molecule has 0 aromatic heterocycles. The van der Waals surface area contributed by atoms with E-state index in [-0.39, 0.29) is 18.4 Å². The van der Waals surface area contributed by atoms with Gasteiger partial charge in [0.05, 0.1) is 12.5 Å². The first-order valence-corrected chi connectivity index (χ1v) is 6.56. The molecule has 4 N–H and O–H groups in total. The van der Waals surface area contributed by atoms with Gasteiger partial charge in [-0.25, -0.2) is 0 Å². The number of carbonyl (C=O) groups is 2. The number of hydrogen-bond acceptors (Lipinski definition) is 3. The summed E-state index contributed by atoms with van der Waals surface area (Å²) in [4.78, 5) is 22.9. The summed E-state index contributed by atoms with van der Waals surface area (Å²) in [5, 5.41) is 5.92. The van der Waals surface area contributed by atoms with Gasteiger partial charge in [0.25, 0.3) is 0 Å². The average molecular weight is 257 g/mol. The van der Waals surface area contributed by atoms with Crippen LogP contribution >= 0.6 is 0 Å². The van der Waals surface area contributed by atoms with Gasteiger partial charge in [-0.3, -0.25) is 9.59 Å². The molecule has 0 spiro atoms. The van der Waals surface area contributed by atoms with Gasteiger partial charge in [0.1, 0.15) is 0 Å². The second-order valence-electron chi connectivity index (χ2n) is 5.51. The predicted octanol–water partition coefficient (Wildman–Crippen LogP) is 0.637. The van der Waals surface area contributed by atoms with E-state index in [0.717, 1.165) is 0 Å². The lowest BCUT2D eigenvalue weighted by molar-refractivity contribution is -0.127. The molecule has 0 fully saturated rings. The maximum Gasteiger partial charge on any atom is 0.237 e. The van der Waals surface area contributed by atoms with Crippen molar-refractivity contribution in [2.45, 2.75) is 53.1 Å². The van der Waals surface area contributed by atoms with E-state index >= 15 is 0 Å². The molecule has 0 aliphatic carbocycles. The molecular weight excluding hydrogens is 230 g/mol. The number of rotatable bonds is 8. The van der Waals surface area contributed by atoms with Crippen LogP contribution < -0.4 is 16.4 Å². The van der Waals surface area contributed by atoms with Gasteiger partial charge in [0, 0.05) is 12.6 Å². The molecule has 0 radical (unpaired) electrons. The fraction of sp³-hybridized carbons (Fsp3) is 0.846. The number of nitrogens with one attached hydrogen (secondary N) is 2. The largest absolute Gasteiger partial charge is 0.370 e. The Morgan fingerprint density at radius 2 is 1.67 bits per heavy atom. The van der Waals surface area contributed by atoms with Crippen LogP contribution in [0.15, 0.2) is 0 Å². The van der Waals surface area contributed by atoms with Crippen LogP contribution in [0.25, 0.3) is 0 Å². The Labute approximate surface area is 110 Å². The van der Waals surface area contributed by atoms with Crippen LogP contribution in [0.3, 0.4) is 0 Å². The molecule has 0 rings (SSSR count). The van der Waals surface area contributed by atoms with E-state index in [1.54, 1.807) is 0 Å². The Bertz CT molecular complexity index is 277. The van der Waals surface area contributed by atoms with E-state index in [1.807, 2.05) is 13.8 Å². The smallest absolute Gasteiger partial charge is 0.237 e. The summed E-state index contributed by atoms with van der Waals surface area (Å²) in [5.74, 6) is 0.287. The van der Waals surface area contributed by atoms with Crippen LogP contribution in [0, 0.1) is 11.8 Å². The van der Waals surface area contributed by atoms with E-state index in [2.05, 4.69) is 31.4 Å². The molecule has 0 aromatic carbocycles. The normalized spacial score (nSPS) is 14.6. The van der Waals surface area contributed by atoms with Crippen LogP contribution in [0.1, 0.15) is 41.0 Å². The first-order chi connectivity index (χ1) is 8.23. The Balaban J connectivity index is 4.33. The first-order valence-electron chi connectivity index (χ1n) is 6.56. The SMILES string of the molecule is CC(C)NC(CC(N)=O)C(=O)NCC(C)C(C)C. The maximum atomic E-state index is 12.0. The number of primary amides is 1. The molecule has 5 heteroatoms. The third kappa shape index (κ3) is 7.27. The zero-order valence-corrected chi connectivity index (χ0v) is 12.1. The van der Waals surface area contributed by atoms with Gasteiger partial charge >= 0.3 is 0 Å². The molecular formula is C13H27N3O2. The minimum absolute atomic E-state index is 0.0279. The lowest BCUT2D eigenvalue weighted by Crippen LogP contribution is -2.49. The molecule has 2 atom stereocenters. The average Bonchev–Trinajstić information content (AvgIpc) is 2.22. The molecule has 0 aliphatic rings. The van der Waals surface area contributed by atoms with E-state index in [1.165, 1.54) is 0 Å². The van der Waals surface area contributed by atoms with E-state index in [9.17, 15) is 9.59 Å². The molecule has 18 heavy (non-hydrogen) atoms. The summed E-state index contributed by atoms with van der Waals surface area (Å²) >= 11 is 0. The van der Waals surface area contributed by atoms with Crippen molar-refractivity contribution in [2.75, 3.05) is 6.54 Å². The Morgan fingerprint density at radius 3 is 2.06 bits per heavy atom.